The van der Waals surface area contributed by atoms with Crippen LogP contribution >= 0.6 is 27.3 Å². The molecule has 0 fully saturated rings. The number of carbonyl (C=O) groups excluding carboxylic acids is 1. The van der Waals surface area contributed by atoms with Crippen LogP contribution < -0.4 is 0 Å². The highest BCUT2D eigenvalue weighted by Crippen LogP contribution is 2.30. The number of nitrogens with zero attached hydrogens (tertiary/aromatic N) is 1. The average Bonchev–Trinajstić information content (AvgIpc) is 2.62. The number of unbranched alkanes of at least 4 members (excludes halogenated alkanes) is 1. The van der Waals surface area contributed by atoms with Gasteiger partial charge in [-0.15, -0.1) is 11.3 Å². The lowest BCUT2D eigenvalue weighted by Crippen LogP contribution is -1.87. The standard InChI is InChI=1S/C9H12BrNOS/c1-2-3-4-8(10)9-11-5-7(6-12)13-9/h5-6,8H,2-4H2,1H3. The van der Waals surface area contributed by atoms with Crippen molar-refractivity contribution < 1.29 is 4.79 Å². The van der Waals surface area contributed by atoms with Gasteiger partial charge in [-0.05, 0) is 6.42 Å². The van der Waals surface area contributed by atoms with Gasteiger partial charge in [0.15, 0.2) is 6.29 Å². The first-order chi connectivity index (χ1) is 6.27. The summed E-state index contributed by atoms with van der Waals surface area (Å²) in [5, 5.41) is 1.01. The molecule has 1 aromatic rings. The molecule has 72 valence electrons. The van der Waals surface area contributed by atoms with Gasteiger partial charge in [0.2, 0.25) is 0 Å². The van der Waals surface area contributed by atoms with Crippen LogP contribution in [-0.2, 0) is 0 Å². The minimum Gasteiger partial charge on any atom is -0.297 e. The Bertz CT molecular complexity index is 274. The van der Waals surface area contributed by atoms with Crippen LogP contribution in [0.5, 0.6) is 0 Å². The molecular weight excluding hydrogens is 250 g/mol. The fraction of sp³-hybridized carbons (Fsp3) is 0.556. The third-order valence-corrected chi connectivity index (χ3v) is 3.97. The van der Waals surface area contributed by atoms with E-state index >= 15 is 0 Å². The lowest BCUT2D eigenvalue weighted by Gasteiger charge is -2.03. The highest BCUT2D eigenvalue weighted by atomic mass is 79.9. The van der Waals surface area contributed by atoms with E-state index in [1.54, 1.807) is 6.20 Å². The molecule has 1 rings (SSSR count). The average molecular weight is 262 g/mol. The lowest BCUT2D eigenvalue weighted by atomic mass is 10.2. The smallest absolute Gasteiger partial charge is 0.161 e. The van der Waals surface area contributed by atoms with Crippen molar-refractivity contribution in [2.75, 3.05) is 0 Å². The van der Waals surface area contributed by atoms with Gasteiger partial charge >= 0.3 is 0 Å². The zero-order valence-corrected chi connectivity index (χ0v) is 9.90. The van der Waals surface area contributed by atoms with E-state index < -0.39 is 0 Å². The second kappa shape index (κ2) is 5.50. The molecule has 0 spiro atoms. The van der Waals surface area contributed by atoms with Crippen LogP contribution in [0.2, 0.25) is 0 Å². The third kappa shape index (κ3) is 3.19. The molecule has 0 bridgehead atoms. The van der Waals surface area contributed by atoms with Crippen LogP contribution in [-0.4, -0.2) is 11.3 Å². The minimum absolute atomic E-state index is 0.311. The molecule has 13 heavy (non-hydrogen) atoms. The first kappa shape index (κ1) is 10.9. The molecule has 1 heterocycles. The van der Waals surface area contributed by atoms with Crippen molar-refractivity contribution in [2.24, 2.45) is 0 Å². The zero-order valence-electron chi connectivity index (χ0n) is 7.50. The summed E-state index contributed by atoms with van der Waals surface area (Å²) >= 11 is 5.03. The van der Waals surface area contributed by atoms with Crippen molar-refractivity contribution in [3.8, 4) is 0 Å². The molecule has 1 aromatic heterocycles. The van der Waals surface area contributed by atoms with Crippen LogP contribution in [0.3, 0.4) is 0 Å². The summed E-state index contributed by atoms with van der Waals surface area (Å²) in [7, 11) is 0. The maximum absolute atomic E-state index is 10.4. The molecule has 4 heteroatoms. The van der Waals surface area contributed by atoms with Crippen molar-refractivity contribution in [2.45, 2.75) is 31.0 Å². The highest BCUT2D eigenvalue weighted by molar-refractivity contribution is 9.09. The van der Waals surface area contributed by atoms with E-state index in [0.29, 0.717) is 9.70 Å². The van der Waals surface area contributed by atoms with E-state index in [4.69, 9.17) is 0 Å². The number of aldehydes is 1. The SMILES string of the molecule is CCCCC(Br)c1ncc(C=O)s1. The Hall–Kier alpha value is -0.220. The van der Waals surface area contributed by atoms with Crippen molar-refractivity contribution in [3.63, 3.8) is 0 Å². The second-order valence-electron chi connectivity index (χ2n) is 2.83. The van der Waals surface area contributed by atoms with Crippen LogP contribution in [0.25, 0.3) is 0 Å². The first-order valence-corrected chi connectivity index (χ1v) is 6.06. The number of rotatable bonds is 5. The Kier molecular flexibility index (Phi) is 4.59. The lowest BCUT2D eigenvalue weighted by molar-refractivity contribution is 0.112. The zero-order chi connectivity index (χ0) is 9.68. The molecule has 0 radical (unpaired) electrons. The van der Waals surface area contributed by atoms with Gasteiger partial charge in [-0.25, -0.2) is 4.98 Å². The maximum atomic E-state index is 10.4. The molecule has 0 saturated heterocycles. The van der Waals surface area contributed by atoms with Crippen LogP contribution in [0.1, 0.15) is 45.7 Å². The van der Waals surface area contributed by atoms with Crippen LogP contribution in [0.4, 0.5) is 0 Å². The molecule has 0 aliphatic heterocycles. The van der Waals surface area contributed by atoms with Gasteiger partial charge in [-0.2, -0.15) is 0 Å². The number of alkyl halides is 1. The molecular formula is C9H12BrNOS. The molecule has 0 saturated carbocycles. The van der Waals surface area contributed by atoms with Gasteiger partial charge in [0.25, 0.3) is 0 Å². The maximum Gasteiger partial charge on any atom is 0.161 e. The van der Waals surface area contributed by atoms with Gasteiger partial charge in [0.05, 0.1) is 9.70 Å². The highest BCUT2D eigenvalue weighted by Gasteiger charge is 2.10. The van der Waals surface area contributed by atoms with E-state index in [2.05, 4.69) is 27.8 Å². The molecule has 1 atom stereocenters. The molecule has 1 unspecified atom stereocenters. The van der Waals surface area contributed by atoms with Crippen molar-refractivity contribution in [1.82, 2.24) is 4.98 Å². The van der Waals surface area contributed by atoms with Gasteiger partial charge < -0.3 is 0 Å². The number of halogens is 1. The van der Waals surface area contributed by atoms with Crippen molar-refractivity contribution in [3.05, 3.63) is 16.1 Å². The van der Waals surface area contributed by atoms with E-state index in [-0.39, 0.29) is 0 Å². The minimum atomic E-state index is 0.311. The molecule has 0 aliphatic rings. The Morgan fingerprint density at radius 1 is 1.77 bits per heavy atom. The van der Waals surface area contributed by atoms with Crippen molar-refractivity contribution in [1.29, 1.82) is 0 Å². The summed E-state index contributed by atoms with van der Waals surface area (Å²) in [4.78, 5) is 15.6. The largest absolute Gasteiger partial charge is 0.297 e. The summed E-state index contributed by atoms with van der Waals surface area (Å²) in [6.45, 7) is 2.17. The topological polar surface area (TPSA) is 30.0 Å². The molecule has 0 amide bonds. The normalized spacial score (nSPS) is 12.8. The Balaban J connectivity index is 2.54. The number of hydrogen-bond donors (Lipinski definition) is 0. The number of thiazole rings is 1. The Morgan fingerprint density at radius 2 is 2.54 bits per heavy atom. The quantitative estimate of drug-likeness (QED) is 0.599. The van der Waals surface area contributed by atoms with E-state index in [1.807, 2.05) is 0 Å². The second-order valence-corrected chi connectivity index (χ2v) is 5.03. The van der Waals surface area contributed by atoms with Crippen LogP contribution in [0.15, 0.2) is 6.20 Å². The summed E-state index contributed by atoms with van der Waals surface area (Å²) in [6.07, 6.45) is 5.94. The van der Waals surface area contributed by atoms with Crippen molar-refractivity contribution >= 4 is 33.6 Å². The summed E-state index contributed by atoms with van der Waals surface area (Å²) in [5.41, 5.74) is 0. The number of aromatic nitrogens is 1. The van der Waals surface area contributed by atoms with Gasteiger partial charge in [0, 0.05) is 6.20 Å². The predicted octanol–water partition coefficient (Wildman–Crippen LogP) is 3.58. The molecule has 0 N–H and O–H groups in total. The van der Waals surface area contributed by atoms with Crippen LogP contribution in [0, 0.1) is 0 Å². The number of carbonyl (C=O) groups is 1. The Labute approximate surface area is 90.5 Å². The monoisotopic (exact) mass is 261 g/mol. The molecule has 2 nitrogen and oxygen atoms in total. The Morgan fingerprint density at radius 3 is 3.08 bits per heavy atom. The fourth-order valence-electron chi connectivity index (χ4n) is 1.01. The van der Waals surface area contributed by atoms with Gasteiger partial charge in [-0.3, -0.25) is 4.79 Å². The van der Waals surface area contributed by atoms with E-state index in [1.165, 1.54) is 24.2 Å². The fourth-order valence-corrected chi connectivity index (χ4v) is 2.48. The first-order valence-electron chi connectivity index (χ1n) is 4.33. The predicted molar refractivity (Wildman–Crippen MR) is 58.7 cm³/mol. The summed E-state index contributed by atoms with van der Waals surface area (Å²) in [6, 6.07) is 0. The van der Waals surface area contributed by atoms with E-state index in [0.717, 1.165) is 17.7 Å². The number of hydrogen-bond acceptors (Lipinski definition) is 3. The summed E-state index contributed by atoms with van der Waals surface area (Å²) in [5.74, 6) is 0. The van der Waals surface area contributed by atoms with E-state index in [9.17, 15) is 4.79 Å². The summed E-state index contributed by atoms with van der Waals surface area (Å²) < 4.78 is 0. The van der Waals surface area contributed by atoms with Gasteiger partial charge in [0.1, 0.15) is 5.01 Å². The third-order valence-electron chi connectivity index (χ3n) is 1.74. The van der Waals surface area contributed by atoms with Gasteiger partial charge in [-0.1, -0.05) is 35.7 Å². The molecule has 0 aliphatic carbocycles. The molecule has 0 aromatic carbocycles.